The van der Waals surface area contributed by atoms with E-state index in [4.69, 9.17) is 9.72 Å². The van der Waals surface area contributed by atoms with E-state index < -0.39 is 0 Å². The molecule has 0 unspecified atom stereocenters. The van der Waals surface area contributed by atoms with Gasteiger partial charge in [-0.25, -0.2) is 4.98 Å². The number of amides is 1. The molecule has 6 nitrogen and oxygen atoms in total. The van der Waals surface area contributed by atoms with E-state index in [0.717, 1.165) is 29.0 Å². The molecule has 1 heterocycles. The fourth-order valence-electron chi connectivity index (χ4n) is 3.67. The topological polar surface area (TPSA) is 73.2 Å². The van der Waals surface area contributed by atoms with Crippen molar-refractivity contribution >= 4 is 28.6 Å². The highest BCUT2D eigenvalue weighted by Crippen LogP contribution is 2.24. The highest BCUT2D eigenvalue weighted by molar-refractivity contribution is 7.99. The van der Waals surface area contributed by atoms with Crippen LogP contribution in [-0.2, 0) is 17.8 Å². The summed E-state index contributed by atoms with van der Waals surface area (Å²) in [5, 5.41) is 3.96. The van der Waals surface area contributed by atoms with Gasteiger partial charge >= 0.3 is 0 Å². The molecule has 0 saturated heterocycles. The van der Waals surface area contributed by atoms with Gasteiger partial charge in [-0.15, -0.1) is 0 Å². The average Bonchev–Trinajstić information content (AvgIpc) is 2.86. The zero-order chi connectivity index (χ0) is 23.2. The van der Waals surface area contributed by atoms with E-state index in [-0.39, 0.29) is 17.2 Å². The van der Waals surface area contributed by atoms with Gasteiger partial charge in [0, 0.05) is 12.1 Å². The molecule has 4 rings (SSSR count). The van der Waals surface area contributed by atoms with Crippen molar-refractivity contribution in [3.8, 4) is 11.4 Å². The number of nitrogens with zero attached hydrogens (tertiary/aromatic N) is 2. The van der Waals surface area contributed by atoms with Gasteiger partial charge in [0.2, 0.25) is 5.91 Å². The number of para-hydroxylation sites is 3. The Morgan fingerprint density at radius 2 is 1.70 bits per heavy atom. The summed E-state index contributed by atoms with van der Waals surface area (Å²) in [4.78, 5) is 30.8. The van der Waals surface area contributed by atoms with E-state index in [1.54, 1.807) is 17.7 Å². The number of carbonyl (C=O) groups excluding carboxylic acids is 1. The summed E-state index contributed by atoms with van der Waals surface area (Å²) < 4.78 is 6.97. The number of fused-ring (bicyclic) bond motifs is 1. The molecule has 0 spiro atoms. The number of ether oxygens (including phenoxy) is 1. The number of aryl methyl sites for hydroxylation is 1. The second-order valence-electron chi connectivity index (χ2n) is 7.41. The minimum Gasteiger partial charge on any atom is -0.496 e. The maximum absolute atomic E-state index is 13.4. The first-order valence-corrected chi connectivity index (χ1v) is 11.7. The van der Waals surface area contributed by atoms with Crippen LogP contribution in [0.2, 0.25) is 0 Å². The van der Waals surface area contributed by atoms with Gasteiger partial charge in [-0.2, -0.15) is 0 Å². The number of methoxy groups -OCH3 is 1. The van der Waals surface area contributed by atoms with E-state index in [1.165, 1.54) is 11.8 Å². The molecule has 0 aliphatic carbocycles. The van der Waals surface area contributed by atoms with Gasteiger partial charge in [-0.3, -0.25) is 14.2 Å². The minimum absolute atomic E-state index is 0.133. The van der Waals surface area contributed by atoms with Gasteiger partial charge in [0.05, 0.1) is 29.5 Å². The van der Waals surface area contributed by atoms with Crippen LogP contribution >= 0.6 is 11.8 Å². The lowest BCUT2D eigenvalue weighted by Crippen LogP contribution is -2.26. The summed E-state index contributed by atoms with van der Waals surface area (Å²) in [5.41, 5.74) is 3.21. The maximum Gasteiger partial charge on any atom is 0.266 e. The third-order valence-corrected chi connectivity index (χ3v) is 6.30. The standard InChI is InChI=1S/C26H25N3O3S/c1-3-18-10-4-8-14-22(18)29-25(31)20-12-6-7-13-21(20)28-26(29)33-17-24(30)27-16-19-11-5-9-15-23(19)32-2/h4-15H,3,16-17H2,1-2H3,(H,27,30). The number of carbonyl (C=O) groups is 1. The Morgan fingerprint density at radius 1 is 1.00 bits per heavy atom. The zero-order valence-corrected chi connectivity index (χ0v) is 19.4. The van der Waals surface area contributed by atoms with Crippen LogP contribution in [0.3, 0.4) is 0 Å². The van der Waals surface area contributed by atoms with E-state index in [0.29, 0.717) is 22.6 Å². The molecule has 0 saturated carbocycles. The molecule has 0 bridgehead atoms. The van der Waals surface area contributed by atoms with Crippen molar-refractivity contribution in [2.45, 2.75) is 25.0 Å². The minimum atomic E-state index is -0.149. The number of nitrogens with one attached hydrogen (secondary N) is 1. The Morgan fingerprint density at radius 3 is 2.48 bits per heavy atom. The number of hydrogen-bond acceptors (Lipinski definition) is 5. The Bertz CT molecular complexity index is 1350. The lowest BCUT2D eigenvalue weighted by atomic mass is 10.1. The molecule has 0 fully saturated rings. The fourth-order valence-corrected chi connectivity index (χ4v) is 4.51. The maximum atomic E-state index is 13.4. The largest absolute Gasteiger partial charge is 0.496 e. The molecular formula is C26H25N3O3S. The van der Waals surface area contributed by atoms with Gasteiger partial charge < -0.3 is 10.1 Å². The lowest BCUT2D eigenvalue weighted by molar-refractivity contribution is -0.118. The quantitative estimate of drug-likeness (QED) is 0.313. The van der Waals surface area contributed by atoms with Crippen LogP contribution in [0.15, 0.2) is 82.7 Å². The number of rotatable bonds is 8. The van der Waals surface area contributed by atoms with Crippen molar-refractivity contribution in [1.29, 1.82) is 0 Å². The van der Waals surface area contributed by atoms with Gasteiger partial charge in [0.15, 0.2) is 5.16 Å². The fraction of sp³-hybridized carbons (Fsp3) is 0.192. The summed E-state index contributed by atoms with van der Waals surface area (Å²) >= 11 is 1.25. The van der Waals surface area contributed by atoms with Crippen LogP contribution in [0.25, 0.3) is 16.6 Å². The van der Waals surface area contributed by atoms with Crippen molar-refractivity contribution in [3.05, 3.63) is 94.3 Å². The molecule has 168 valence electrons. The third-order valence-electron chi connectivity index (χ3n) is 5.36. The first-order valence-electron chi connectivity index (χ1n) is 10.7. The Hall–Kier alpha value is -3.58. The first kappa shape index (κ1) is 22.6. The van der Waals surface area contributed by atoms with E-state index in [9.17, 15) is 9.59 Å². The normalized spacial score (nSPS) is 10.8. The second kappa shape index (κ2) is 10.4. The van der Waals surface area contributed by atoms with Gasteiger partial charge in [0.25, 0.3) is 5.56 Å². The van der Waals surface area contributed by atoms with Crippen LogP contribution in [0.5, 0.6) is 5.75 Å². The van der Waals surface area contributed by atoms with Crippen LogP contribution in [0.4, 0.5) is 0 Å². The summed E-state index contributed by atoms with van der Waals surface area (Å²) in [6, 6.07) is 22.6. The van der Waals surface area contributed by atoms with Crippen molar-refractivity contribution in [3.63, 3.8) is 0 Å². The van der Waals surface area contributed by atoms with Crippen molar-refractivity contribution < 1.29 is 9.53 Å². The van der Waals surface area contributed by atoms with Gasteiger partial charge in [-0.05, 0) is 36.2 Å². The SMILES string of the molecule is CCc1ccccc1-n1c(SCC(=O)NCc2ccccc2OC)nc2ccccc2c1=O. The van der Waals surface area contributed by atoms with Crippen LogP contribution in [-0.4, -0.2) is 28.3 Å². The highest BCUT2D eigenvalue weighted by Gasteiger charge is 2.16. The molecule has 33 heavy (non-hydrogen) atoms. The number of benzene rings is 3. The molecule has 0 aliphatic rings. The highest BCUT2D eigenvalue weighted by atomic mass is 32.2. The Balaban J connectivity index is 1.62. The van der Waals surface area contributed by atoms with Crippen molar-refractivity contribution in [2.24, 2.45) is 0 Å². The summed E-state index contributed by atoms with van der Waals surface area (Å²) in [6.07, 6.45) is 0.777. The smallest absolute Gasteiger partial charge is 0.266 e. The zero-order valence-electron chi connectivity index (χ0n) is 18.6. The van der Waals surface area contributed by atoms with Crippen LogP contribution in [0, 0.1) is 0 Å². The van der Waals surface area contributed by atoms with E-state index >= 15 is 0 Å². The summed E-state index contributed by atoms with van der Waals surface area (Å²) in [7, 11) is 1.61. The molecule has 3 aromatic carbocycles. The summed E-state index contributed by atoms with van der Waals surface area (Å²) in [5.74, 6) is 0.712. The monoisotopic (exact) mass is 459 g/mol. The van der Waals surface area contributed by atoms with Crippen molar-refractivity contribution in [2.75, 3.05) is 12.9 Å². The predicted octanol–water partition coefficient (Wildman–Crippen LogP) is 4.37. The van der Waals surface area contributed by atoms with Crippen LogP contribution in [0.1, 0.15) is 18.1 Å². The lowest BCUT2D eigenvalue weighted by Gasteiger charge is -2.16. The Labute approximate surface area is 196 Å². The number of aromatic nitrogens is 2. The van der Waals surface area contributed by atoms with Crippen LogP contribution < -0.4 is 15.6 Å². The molecular weight excluding hydrogens is 434 g/mol. The molecule has 1 N–H and O–H groups in total. The first-order chi connectivity index (χ1) is 16.1. The molecule has 4 aromatic rings. The Kier molecular flexibility index (Phi) is 7.10. The molecule has 1 amide bonds. The second-order valence-corrected chi connectivity index (χ2v) is 8.35. The number of thioether (sulfide) groups is 1. The predicted molar refractivity (Wildman–Crippen MR) is 132 cm³/mol. The third kappa shape index (κ3) is 4.93. The average molecular weight is 460 g/mol. The molecule has 0 aliphatic heterocycles. The van der Waals surface area contributed by atoms with E-state index in [1.807, 2.05) is 66.7 Å². The number of hydrogen-bond donors (Lipinski definition) is 1. The molecule has 0 radical (unpaired) electrons. The van der Waals surface area contributed by atoms with Gasteiger partial charge in [-0.1, -0.05) is 67.2 Å². The molecule has 0 atom stereocenters. The van der Waals surface area contributed by atoms with Gasteiger partial charge in [0.1, 0.15) is 5.75 Å². The van der Waals surface area contributed by atoms with E-state index in [2.05, 4.69) is 12.2 Å². The summed E-state index contributed by atoms with van der Waals surface area (Å²) in [6.45, 7) is 2.41. The molecule has 7 heteroatoms. The van der Waals surface area contributed by atoms with Crippen molar-refractivity contribution in [1.82, 2.24) is 14.9 Å². The molecule has 1 aromatic heterocycles.